The quantitative estimate of drug-likeness (QED) is 0.859. The number of alkyl halides is 3. The summed E-state index contributed by atoms with van der Waals surface area (Å²) in [6.45, 7) is 1.58. The largest absolute Gasteiger partial charge is 0.396 e. The molecular formula is C15H22F3N3O2. The van der Waals surface area contributed by atoms with Gasteiger partial charge in [-0.1, -0.05) is 0 Å². The first-order valence-electron chi connectivity index (χ1n) is 8.21. The number of rotatable bonds is 3. The monoisotopic (exact) mass is 333 g/mol. The Morgan fingerprint density at radius 2 is 1.65 bits per heavy atom. The molecule has 0 spiro atoms. The molecule has 0 bridgehead atoms. The molecule has 0 radical (unpaired) electrons. The molecule has 0 aromatic carbocycles. The lowest BCUT2D eigenvalue weighted by atomic mass is 10.1. The van der Waals surface area contributed by atoms with Crippen LogP contribution in [0.4, 0.5) is 18.0 Å². The lowest BCUT2D eigenvalue weighted by Crippen LogP contribution is -2.46. The number of carbonyl (C=O) groups is 2. The predicted molar refractivity (Wildman–Crippen MR) is 76.6 cm³/mol. The highest BCUT2D eigenvalue weighted by molar-refractivity contribution is 5.81. The normalized spacial score (nSPS) is 24.1. The minimum atomic E-state index is -4.26. The molecule has 0 unspecified atom stereocenters. The molecule has 5 nitrogen and oxygen atoms in total. The van der Waals surface area contributed by atoms with E-state index in [9.17, 15) is 22.8 Å². The third-order valence-corrected chi connectivity index (χ3v) is 5.05. The molecule has 1 saturated heterocycles. The van der Waals surface area contributed by atoms with Crippen LogP contribution in [0.25, 0.3) is 0 Å². The zero-order valence-corrected chi connectivity index (χ0v) is 13.0. The maximum absolute atomic E-state index is 12.9. The first-order valence-corrected chi connectivity index (χ1v) is 8.21. The van der Waals surface area contributed by atoms with Crippen LogP contribution in [0, 0.1) is 11.3 Å². The summed E-state index contributed by atoms with van der Waals surface area (Å²) in [6, 6.07) is -0.457. The van der Waals surface area contributed by atoms with Crippen LogP contribution in [0.3, 0.4) is 0 Å². The van der Waals surface area contributed by atoms with Crippen LogP contribution in [0.5, 0.6) is 0 Å². The first-order chi connectivity index (χ1) is 10.8. The Kier molecular flexibility index (Phi) is 4.18. The summed E-state index contributed by atoms with van der Waals surface area (Å²) in [6.07, 6.45) is -1.54. The number of amides is 3. The lowest BCUT2D eigenvalue weighted by molar-refractivity contribution is -0.184. The van der Waals surface area contributed by atoms with E-state index in [-0.39, 0.29) is 31.2 Å². The van der Waals surface area contributed by atoms with Gasteiger partial charge in [-0.05, 0) is 32.1 Å². The predicted octanol–water partition coefficient (Wildman–Crippen LogP) is 1.98. The Morgan fingerprint density at radius 1 is 1.04 bits per heavy atom. The summed E-state index contributed by atoms with van der Waals surface area (Å²) in [4.78, 5) is 27.5. The van der Waals surface area contributed by atoms with Gasteiger partial charge in [0.15, 0.2) is 0 Å². The van der Waals surface area contributed by atoms with Gasteiger partial charge in [-0.3, -0.25) is 4.79 Å². The topological polar surface area (TPSA) is 52.7 Å². The molecule has 0 atom stereocenters. The Labute approximate surface area is 133 Å². The third-order valence-electron chi connectivity index (χ3n) is 5.05. The van der Waals surface area contributed by atoms with Crippen molar-refractivity contribution < 1.29 is 22.8 Å². The highest BCUT2D eigenvalue weighted by Gasteiger charge is 2.63. The van der Waals surface area contributed by atoms with Gasteiger partial charge in [0.1, 0.15) is 0 Å². The van der Waals surface area contributed by atoms with Crippen molar-refractivity contribution in [2.45, 2.75) is 38.3 Å². The van der Waals surface area contributed by atoms with E-state index in [1.807, 2.05) is 0 Å². The summed E-state index contributed by atoms with van der Waals surface area (Å²) < 4.78 is 38.6. The molecule has 3 aliphatic rings. The molecule has 2 saturated carbocycles. The van der Waals surface area contributed by atoms with Gasteiger partial charge in [-0.2, -0.15) is 13.2 Å². The smallest absolute Gasteiger partial charge is 0.341 e. The Balaban J connectivity index is 1.47. The second-order valence-corrected chi connectivity index (χ2v) is 6.88. The number of hydrogen-bond acceptors (Lipinski definition) is 2. The van der Waals surface area contributed by atoms with Crippen molar-refractivity contribution in [2.24, 2.45) is 11.3 Å². The van der Waals surface area contributed by atoms with Gasteiger partial charge in [-0.25, -0.2) is 4.79 Å². The molecule has 1 aliphatic heterocycles. The van der Waals surface area contributed by atoms with Crippen molar-refractivity contribution in [3.63, 3.8) is 0 Å². The van der Waals surface area contributed by atoms with Crippen molar-refractivity contribution in [1.29, 1.82) is 0 Å². The van der Waals surface area contributed by atoms with Gasteiger partial charge >= 0.3 is 12.2 Å². The fourth-order valence-corrected chi connectivity index (χ4v) is 3.00. The summed E-state index contributed by atoms with van der Waals surface area (Å²) in [5, 5.41) is 2.43. The number of carbonyl (C=O) groups excluding carboxylic acids is 2. The Bertz CT molecular complexity index is 487. The van der Waals surface area contributed by atoms with Crippen LogP contribution in [-0.2, 0) is 4.79 Å². The Morgan fingerprint density at radius 3 is 2.22 bits per heavy atom. The molecule has 0 aromatic heterocycles. The molecule has 0 aromatic rings. The maximum atomic E-state index is 12.9. The average molecular weight is 333 g/mol. The van der Waals surface area contributed by atoms with Crippen LogP contribution >= 0.6 is 0 Å². The van der Waals surface area contributed by atoms with E-state index in [1.54, 1.807) is 4.90 Å². The number of urea groups is 1. The Hall–Kier alpha value is -1.47. The minimum absolute atomic E-state index is 0.0838. The summed E-state index contributed by atoms with van der Waals surface area (Å²) in [7, 11) is 0. The second kappa shape index (κ2) is 5.87. The maximum Gasteiger partial charge on any atom is 0.396 e. The highest BCUT2D eigenvalue weighted by atomic mass is 19.4. The van der Waals surface area contributed by atoms with Crippen molar-refractivity contribution in [3.8, 4) is 0 Å². The van der Waals surface area contributed by atoms with Crippen LogP contribution in [0.1, 0.15) is 32.1 Å². The minimum Gasteiger partial charge on any atom is -0.341 e. The number of hydrogen-bond donors (Lipinski definition) is 1. The fourth-order valence-electron chi connectivity index (χ4n) is 3.00. The van der Waals surface area contributed by atoms with Gasteiger partial charge in [0, 0.05) is 38.6 Å². The summed E-state index contributed by atoms with van der Waals surface area (Å²) >= 11 is 0. The zero-order valence-electron chi connectivity index (χ0n) is 13.0. The van der Waals surface area contributed by atoms with E-state index in [0.717, 1.165) is 12.8 Å². The lowest BCUT2D eigenvalue weighted by Gasteiger charge is -2.25. The third kappa shape index (κ3) is 3.55. The molecule has 1 heterocycles. The van der Waals surface area contributed by atoms with Gasteiger partial charge in [0.05, 0.1) is 5.41 Å². The van der Waals surface area contributed by atoms with Crippen molar-refractivity contribution in [2.75, 3.05) is 32.7 Å². The SMILES string of the molecule is O=C(NCC1(C(F)(F)F)CC1)N1CCCN(C(=O)C2CC2)CC1. The van der Waals surface area contributed by atoms with Crippen LogP contribution < -0.4 is 5.32 Å². The van der Waals surface area contributed by atoms with E-state index in [4.69, 9.17) is 0 Å². The molecule has 3 fully saturated rings. The molecule has 3 amide bonds. The highest BCUT2D eigenvalue weighted by Crippen LogP contribution is 2.57. The van der Waals surface area contributed by atoms with Gasteiger partial charge in [-0.15, -0.1) is 0 Å². The van der Waals surface area contributed by atoms with Crippen LogP contribution in [0.2, 0.25) is 0 Å². The molecule has 8 heteroatoms. The van der Waals surface area contributed by atoms with E-state index < -0.39 is 17.6 Å². The van der Waals surface area contributed by atoms with Crippen LogP contribution in [0.15, 0.2) is 0 Å². The molecule has 1 N–H and O–H groups in total. The standard InChI is InChI=1S/C15H22F3N3O2/c16-15(17,18)14(4-5-14)10-19-13(23)21-7-1-6-20(8-9-21)12(22)11-2-3-11/h11H,1-10H2,(H,19,23). The molecule has 3 rings (SSSR count). The molecule has 130 valence electrons. The average Bonchev–Trinajstić information content (AvgIpc) is 3.38. The first kappa shape index (κ1) is 16.4. The van der Waals surface area contributed by atoms with E-state index in [0.29, 0.717) is 32.6 Å². The number of nitrogens with one attached hydrogen (secondary N) is 1. The molecule has 2 aliphatic carbocycles. The van der Waals surface area contributed by atoms with Gasteiger partial charge in [0.2, 0.25) is 5.91 Å². The second-order valence-electron chi connectivity index (χ2n) is 6.88. The van der Waals surface area contributed by atoms with Gasteiger partial charge in [0.25, 0.3) is 0 Å². The van der Waals surface area contributed by atoms with E-state index in [1.165, 1.54) is 4.90 Å². The number of nitrogens with zero attached hydrogens (tertiary/aromatic N) is 2. The number of halogens is 3. The van der Waals surface area contributed by atoms with Crippen LogP contribution in [-0.4, -0.2) is 60.6 Å². The molecule has 23 heavy (non-hydrogen) atoms. The summed E-state index contributed by atoms with van der Waals surface area (Å²) in [5.74, 6) is 0.304. The zero-order chi connectivity index (χ0) is 16.7. The van der Waals surface area contributed by atoms with Crippen molar-refractivity contribution in [1.82, 2.24) is 15.1 Å². The molecular weight excluding hydrogens is 311 g/mol. The summed E-state index contributed by atoms with van der Waals surface area (Å²) in [5.41, 5.74) is -1.72. The fraction of sp³-hybridized carbons (Fsp3) is 0.867. The van der Waals surface area contributed by atoms with Crippen molar-refractivity contribution >= 4 is 11.9 Å². The van der Waals surface area contributed by atoms with Gasteiger partial charge < -0.3 is 15.1 Å². The van der Waals surface area contributed by atoms with E-state index in [2.05, 4.69) is 5.32 Å². The van der Waals surface area contributed by atoms with Crippen molar-refractivity contribution in [3.05, 3.63) is 0 Å². The van der Waals surface area contributed by atoms with E-state index >= 15 is 0 Å².